The van der Waals surface area contributed by atoms with Crippen molar-refractivity contribution >= 4 is 17.9 Å². The minimum Gasteiger partial charge on any atom is -0.462 e. The zero-order valence-corrected chi connectivity index (χ0v) is 24.6. The third-order valence-electron chi connectivity index (χ3n) is 8.30. The number of benzene rings is 1. The van der Waals surface area contributed by atoms with Crippen molar-refractivity contribution in [1.82, 2.24) is 0 Å². The number of rotatable bonds is 4. The Morgan fingerprint density at radius 3 is 2.10 bits per heavy atom. The highest BCUT2D eigenvalue weighted by atomic mass is 16.6. The van der Waals surface area contributed by atoms with Gasteiger partial charge < -0.3 is 34.6 Å². The molecule has 2 aliphatic carbocycles. The van der Waals surface area contributed by atoms with Crippen molar-refractivity contribution in [2.45, 2.75) is 96.6 Å². The predicted octanol–water partition coefficient (Wildman–Crippen LogP) is 2.48. The van der Waals surface area contributed by atoms with E-state index in [1.165, 1.54) is 26.0 Å². The molecule has 0 heterocycles. The van der Waals surface area contributed by atoms with Crippen molar-refractivity contribution in [2.24, 2.45) is 17.3 Å². The van der Waals surface area contributed by atoms with Crippen LogP contribution in [0.2, 0.25) is 0 Å². The van der Waals surface area contributed by atoms with Crippen LogP contribution < -0.4 is 0 Å². The third kappa shape index (κ3) is 6.56. The number of aliphatic hydroxyl groups is 4. The molecular formula is C31H42O10. The van der Waals surface area contributed by atoms with Gasteiger partial charge >= 0.3 is 17.9 Å². The molecule has 41 heavy (non-hydrogen) atoms. The standard InChI is InChI=1S/C31H42O10/c1-17-15-22-25(40-27(36)21-11-9-8-10-12-21)18(2)26(35)31(22,41-20(4)33)28(37)30(7,38)14-13-29(5,6)24(16-23(17)34)39-19(3)32/h8-15,18,22-26,28,34-35,37-38H,16H2,1-7H3/b14-13+,17-15-/t18-,22+,23-,24+,25+,26+,28-,30+,31+/m1/s1. The normalized spacial score (nSPS) is 39.1. The van der Waals surface area contributed by atoms with Crippen LogP contribution in [0.4, 0.5) is 0 Å². The zero-order chi connectivity index (χ0) is 30.9. The molecule has 3 rings (SSSR count). The number of carbonyl (C=O) groups is 3. The van der Waals surface area contributed by atoms with Crippen LogP contribution in [0.5, 0.6) is 0 Å². The Bertz CT molecular complexity index is 1190. The first kappa shape index (κ1) is 32.5. The van der Waals surface area contributed by atoms with E-state index in [1.54, 1.807) is 64.1 Å². The molecule has 0 radical (unpaired) electrons. The lowest BCUT2D eigenvalue weighted by Crippen LogP contribution is -2.64. The monoisotopic (exact) mass is 574 g/mol. The summed E-state index contributed by atoms with van der Waals surface area (Å²) in [5, 5.41) is 46.3. The topological polar surface area (TPSA) is 160 Å². The lowest BCUT2D eigenvalue weighted by Gasteiger charge is -2.46. The molecule has 1 aromatic rings. The highest BCUT2D eigenvalue weighted by molar-refractivity contribution is 5.89. The molecule has 9 atom stereocenters. The average molecular weight is 575 g/mol. The van der Waals surface area contributed by atoms with E-state index in [1.807, 2.05) is 0 Å². The fraction of sp³-hybridized carbons (Fsp3) is 0.581. The Morgan fingerprint density at radius 1 is 0.927 bits per heavy atom. The molecule has 1 fully saturated rings. The summed E-state index contributed by atoms with van der Waals surface area (Å²) < 4.78 is 17.2. The summed E-state index contributed by atoms with van der Waals surface area (Å²) in [4.78, 5) is 37.6. The Labute approximate surface area is 240 Å². The van der Waals surface area contributed by atoms with E-state index in [4.69, 9.17) is 14.2 Å². The average Bonchev–Trinajstić information content (AvgIpc) is 3.07. The largest absolute Gasteiger partial charge is 0.462 e. The number of fused-ring (bicyclic) bond motifs is 1. The third-order valence-corrected chi connectivity index (χ3v) is 8.30. The number of carbonyl (C=O) groups excluding carboxylic acids is 3. The van der Waals surface area contributed by atoms with Crippen LogP contribution in [-0.2, 0) is 23.8 Å². The molecule has 0 aromatic heterocycles. The van der Waals surface area contributed by atoms with Crippen molar-refractivity contribution in [2.75, 3.05) is 0 Å². The summed E-state index contributed by atoms with van der Waals surface area (Å²) in [5.74, 6) is -4.18. The van der Waals surface area contributed by atoms with Crippen molar-refractivity contribution < 1.29 is 49.0 Å². The highest BCUT2D eigenvalue weighted by Gasteiger charge is 2.68. The second-order valence-electron chi connectivity index (χ2n) is 12.1. The molecule has 0 saturated heterocycles. The molecule has 10 heteroatoms. The summed E-state index contributed by atoms with van der Waals surface area (Å²) in [6, 6.07) is 8.19. The SMILES string of the molecule is CC(=O)O[C@H]1C[C@@H](O)/C(C)=C\[C@H]2[C@@H](OC(=O)c3ccccc3)[C@@H](C)[C@H](O)[C@]2(OC(C)=O)[C@H](O)[C@@](C)(O)/C=C/C1(C)C. The van der Waals surface area contributed by atoms with E-state index in [2.05, 4.69) is 0 Å². The summed E-state index contributed by atoms with van der Waals surface area (Å²) in [7, 11) is 0. The van der Waals surface area contributed by atoms with Gasteiger partial charge in [0.2, 0.25) is 0 Å². The summed E-state index contributed by atoms with van der Waals surface area (Å²) in [6.07, 6.45) is -2.34. The number of hydrogen-bond donors (Lipinski definition) is 4. The van der Waals surface area contributed by atoms with Crippen LogP contribution in [0, 0.1) is 17.3 Å². The lowest BCUT2D eigenvalue weighted by atomic mass is 9.73. The minimum atomic E-state index is -2.18. The van der Waals surface area contributed by atoms with E-state index >= 15 is 0 Å². The minimum absolute atomic E-state index is 0.0240. The first-order valence-corrected chi connectivity index (χ1v) is 13.7. The van der Waals surface area contributed by atoms with Gasteiger partial charge in [-0.3, -0.25) is 9.59 Å². The molecule has 1 saturated carbocycles. The molecule has 226 valence electrons. The molecule has 10 nitrogen and oxygen atoms in total. The van der Waals surface area contributed by atoms with Gasteiger partial charge in [0.1, 0.15) is 30.0 Å². The van der Waals surface area contributed by atoms with Crippen LogP contribution >= 0.6 is 0 Å². The summed E-state index contributed by atoms with van der Waals surface area (Å²) in [5.41, 5.74) is -4.61. The van der Waals surface area contributed by atoms with E-state index in [-0.39, 0.29) is 12.0 Å². The summed E-state index contributed by atoms with van der Waals surface area (Å²) in [6.45, 7) is 10.3. The van der Waals surface area contributed by atoms with Crippen LogP contribution in [0.15, 0.2) is 54.1 Å². The van der Waals surface area contributed by atoms with Gasteiger partial charge in [-0.25, -0.2) is 4.79 Å². The quantitative estimate of drug-likeness (QED) is 0.239. The maximum absolute atomic E-state index is 13.1. The van der Waals surface area contributed by atoms with Gasteiger partial charge in [-0.1, -0.05) is 57.2 Å². The number of hydrogen-bond acceptors (Lipinski definition) is 10. The van der Waals surface area contributed by atoms with E-state index < -0.39 is 76.9 Å². The van der Waals surface area contributed by atoms with Gasteiger partial charge in [0, 0.05) is 31.6 Å². The van der Waals surface area contributed by atoms with Gasteiger partial charge in [0.25, 0.3) is 0 Å². The first-order valence-electron chi connectivity index (χ1n) is 13.7. The van der Waals surface area contributed by atoms with E-state index in [0.717, 1.165) is 6.92 Å². The zero-order valence-electron chi connectivity index (χ0n) is 24.6. The molecule has 1 aromatic carbocycles. The molecule has 2 aliphatic rings. The Hall–Kier alpha value is -3.05. The fourth-order valence-electron chi connectivity index (χ4n) is 5.85. The number of esters is 3. The first-order chi connectivity index (χ1) is 18.9. The van der Waals surface area contributed by atoms with Crippen molar-refractivity contribution in [3.63, 3.8) is 0 Å². The van der Waals surface area contributed by atoms with Crippen LogP contribution in [0.1, 0.15) is 65.2 Å². The lowest BCUT2D eigenvalue weighted by molar-refractivity contribution is -0.222. The number of ether oxygens (including phenoxy) is 3. The van der Waals surface area contributed by atoms with Crippen LogP contribution in [-0.4, -0.2) is 80.1 Å². The molecule has 0 bridgehead atoms. The molecule has 0 amide bonds. The maximum Gasteiger partial charge on any atom is 0.338 e. The molecule has 0 unspecified atom stereocenters. The van der Waals surface area contributed by atoms with Crippen LogP contribution in [0.3, 0.4) is 0 Å². The molecule has 0 aliphatic heterocycles. The summed E-state index contributed by atoms with van der Waals surface area (Å²) >= 11 is 0. The van der Waals surface area contributed by atoms with Crippen molar-refractivity contribution in [1.29, 1.82) is 0 Å². The van der Waals surface area contributed by atoms with Gasteiger partial charge in [0.15, 0.2) is 5.60 Å². The van der Waals surface area contributed by atoms with Gasteiger partial charge in [-0.15, -0.1) is 0 Å². The van der Waals surface area contributed by atoms with E-state index in [0.29, 0.717) is 5.57 Å². The predicted molar refractivity (Wildman–Crippen MR) is 148 cm³/mol. The van der Waals surface area contributed by atoms with E-state index in [9.17, 15) is 34.8 Å². The van der Waals surface area contributed by atoms with Gasteiger partial charge in [0.05, 0.1) is 17.6 Å². The smallest absolute Gasteiger partial charge is 0.338 e. The fourth-order valence-corrected chi connectivity index (χ4v) is 5.85. The highest BCUT2D eigenvalue weighted by Crippen LogP contribution is 2.51. The van der Waals surface area contributed by atoms with Crippen LogP contribution in [0.25, 0.3) is 0 Å². The van der Waals surface area contributed by atoms with Gasteiger partial charge in [-0.2, -0.15) is 0 Å². The molecule has 4 N–H and O–H groups in total. The molecular weight excluding hydrogens is 532 g/mol. The maximum atomic E-state index is 13.1. The van der Waals surface area contributed by atoms with Gasteiger partial charge in [-0.05, 0) is 31.6 Å². The second-order valence-corrected chi connectivity index (χ2v) is 12.1. The Morgan fingerprint density at radius 2 is 1.54 bits per heavy atom. The number of aliphatic hydroxyl groups excluding tert-OH is 3. The Kier molecular flexibility index (Phi) is 9.54. The van der Waals surface area contributed by atoms with Crippen molar-refractivity contribution in [3.05, 3.63) is 59.7 Å². The Balaban J connectivity index is 2.25. The second kappa shape index (κ2) is 12.1. The van der Waals surface area contributed by atoms with Crippen molar-refractivity contribution in [3.8, 4) is 0 Å². The molecule has 0 spiro atoms.